The topological polar surface area (TPSA) is 57.6 Å². The minimum atomic E-state index is -0.898. The summed E-state index contributed by atoms with van der Waals surface area (Å²) in [6, 6.07) is 5.85. The van der Waals surface area contributed by atoms with Crippen molar-refractivity contribution in [2.24, 2.45) is 5.92 Å². The third kappa shape index (κ3) is 2.30. The van der Waals surface area contributed by atoms with Crippen LogP contribution in [0.4, 0.5) is 5.69 Å². The number of aryl methyl sites for hydroxylation is 2. The largest absolute Gasteiger partial charge is 0.481 e. The lowest BCUT2D eigenvalue weighted by molar-refractivity contribution is -0.141. The van der Waals surface area contributed by atoms with E-state index in [-0.39, 0.29) is 18.9 Å². The molecule has 4 heteroatoms. The Kier molecular flexibility index (Phi) is 2.88. The van der Waals surface area contributed by atoms with Crippen LogP contribution in [0.3, 0.4) is 0 Å². The molecular weight excluding hydrogens is 218 g/mol. The predicted octanol–water partition coefficient (Wildman–Crippen LogP) is 1.74. The van der Waals surface area contributed by atoms with Gasteiger partial charge in [0.05, 0.1) is 5.92 Å². The number of benzene rings is 1. The molecule has 0 radical (unpaired) electrons. The quantitative estimate of drug-likeness (QED) is 0.846. The summed E-state index contributed by atoms with van der Waals surface area (Å²) in [5.41, 5.74) is 2.95. The maximum atomic E-state index is 11.8. The molecule has 1 aliphatic rings. The SMILES string of the molecule is Cc1cc(C)cc(N2C[C@@H](C(=O)O)CC2=O)c1. The molecule has 1 aromatic carbocycles. The molecule has 0 bridgehead atoms. The van der Waals surface area contributed by atoms with Crippen molar-refractivity contribution in [2.75, 3.05) is 11.4 Å². The zero-order valence-electron chi connectivity index (χ0n) is 9.93. The van der Waals surface area contributed by atoms with Gasteiger partial charge >= 0.3 is 5.97 Å². The first-order valence-electron chi connectivity index (χ1n) is 5.59. The number of anilines is 1. The summed E-state index contributed by atoms with van der Waals surface area (Å²) < 4.78 is 0. The molecule has 0 aromatic heterocycles. The van der Waals surface area contributed by atoms with E-state index in [2.05, 4.69) is 0 Å². The summed E-state index contributed by atoms with van der Waals surface area (Å²) in [5, 5.41) is 8.93. The number of hydrogen-bond donors (Lipinski definition) is 1. The zero-order chi connectivity index (χ0) is 12.6. The first kappa shape index (κ1) is 11.6. The zero-order valence-corrected chi connectivity index (χ0v) is 9.93. The van der Waals surface area contributed by atoms with Crippen LogP contribution in [0.5, 0.6) is 0 Å². The molecule has 1 saturated heterocycles. The molecule has 1 aromatic rings. The lowest BCUT2D eigenvalue weighted by atomic mass is 10.1. The van der Waals surface area contributed by atoms with Crippen molar-refractivity contribution in [1.82, 2.24) is 0 Å². The van der Waals surface area contributed by atoms with Crippen molar-refractivity contribution in [1.29, 1.82) is 0 Å². The monoisotopic (exact) mass is 233 g/mol. The summed E-state index contributed by atoms with van der Waals surface area (Å²) in [6.45, 7) is 4.20. The Labute approximate surface area is 99.9 Å². The molecule has 0 unspecified atom stereocenters. The van der Waals surface area contributed by atoms with Gasteiger partial charge in [0.2, 0.25) is 5.91 Å². The first-order chi connectivity index (χ1) is 7.97. The minimum absolute atomic E-state index is 0.0995. The van der Waals surface area contributed by atoms with Crippen LogP contribution in [0.25, 0.3) is 0 Å². The lowest BCUT2D eigenvalue weighted by Gasteiger charge is -2.17. The number of hydrogen-bond acceptors (Lipinski definition) is 2. The molecule has 1 N–H and O–H groups in total. The van der Waals surface area contributed by atoms with Gasteiger partial charge in [-0.3, -0.25) is 9.59 Å². The van der Waals surface area contributed by atoms with Crippen LogP contribution in [-0.4, -0.2) is 23.5 Å². The van der Waals surface area contributed by atoms with Gasteiger partial charge in [0.25, 0.3) is 0 Å². The molecule has 1 amide bonds. The van der Waals surface area contributed by atoms with Crippen molar-refractivity contribution >= 4 is 17.6 Å². The van der Waals surface area contributed by atoms with E-state index in [1.165, 1.54) is 0 Å². The van der Waals surface area contributed by atoms with E-state index in [0.29, 0.717) is 0 Å². The number of carboxylic acids is 1. The van der Waals surface area contributed by atoms with Gasteiger partial charge in [-0.25, -0.2) is 0 Å². The molecule has 4 nitrogen and oxygen atoms in total. The highest BCUT2D eigenvalue weighted by Gasteiger charge is 2.35. The Balaban J connectivity index is 2.28. The number of nitrogens with zero attached hydrogens (tertiary/aromatic N) is 1. The van der Waals surface area contributed by atoms with Crippen LogP contribution < -0.4 is 4.90 Å². The number of carboxylic acid groups (broad SMARTS) is 1. The smallest absolute Gasteiger partial charge is 0.308 e. The first-order valence-corrected chi connectivity index (χ1v) is 5.59. The average Bonchev–Trinajstić information content (AvgIpc) is 2.59. The van der Waals surface area contributed by atoms with Crippen molar-refractivity contribution in [3.8, 4) is 0 Å². The molecule has 0 aliphatic carbocycles. The lowest BCUT2D eigenvalue weighted by Crippen LogP contribution is -2.25. The Hall–Kier alpha value is -1.84. The van der Waals surface area contributed by atoms with Gasteiger partial charge in [-0.1, -0.05) is 6.07 Å². The molecular formula is C13H15NO3. The molecule has 2 rings (SSSR count). The second-order valence-corrected chi connectivity index (χ2v) is 4.59. The van der Waals surface area contributed by atoms with E-state index >= 15 is 0 Å². The van der Waals surface area contributed by atoms with Gasteiger partial charge in [0, 0.05) is 18.7 Å². The third-order valence-corrected chi connectivity index (χ3v) is 2.99. The number of aliphatic carboxylic acids is 1. The molecule has 1 aliphatic heterocycles. The van der Waals surface area contributed by atoms with Crippen molar-refractivity contribution in [2.45, 2.75) is 20.3 Å². The summed E-state index contributed by atoms with van der Waals surface area (Å²) >= 11 is 0. The highest BCUT2D eigenvalue weighted by molar-refractivity contribution is 5.99. The molecule has 17 heavy (non-hydrogen) atoms. The van der Waals surface area contributed by atoms with Crippen molar-refractivity contribution in [3.05, 3.63) is 29.3 Å². The van der Waals surface area contributed by atoms with Gasteiger partial charge in [0.15, 0.2) is 0 Å². The van der Waals surface area contributed by atoms with E-state index in [1.807, 2.05) is 32.0 Å². The maximum Gasteiger partial charge on any atom is 0.308 e. The van der Waals surface area contributed by atoms with Crippen LogP contribution in [0, 0.1) is 19.8 Å². The maximum absolute atomic E-state index is 11.8. The minimum Gasteiger partial charge on any atom is -0.481 e. The summed E-state index contributed by atoms with van der Waals surface area (Å²) in [6.07, 6.45) is 0.0995. The fraction of sp³-hybridized carbons (Fsp3) is 0.385. The van der Waals surface area contributed by atoms with E-state index in [1.54, 1.807) is 4.90 Å². The standard InChI is InChI=1S/C13H15NO3/c1-8-3-9(2)5-11(4-8)14-7-10(13(16)17)6-12(14)15/h3-5,10H,6-7H2,1-2H3,(H,16,17)/t10-/m0/s1. The Morgan fingerprint density at radius 3 is 2.35 bits per heavy atom. The van der Waals surface area contributed by atoms with Gasteiger partial charge in [-0.2, -0.15) is 0 Å². The molecule has 0 saturated carbocycles. The number of carbonyl (C=O) groups is 2. The summed E-state index contributed by atoms with van der Waals surface area (Å²) in [4.78, 5) is 24.2. The van der Waals surface area contributed by atoms with Crippen molar-refractivity contribution < 1.29 is 14.7 Å². The Morgan fingerprint density at radius 2 is 1.88 bits per heavy atom. The van der Waals surface area contributed by atoms with Crippen LogP contribution in [-0.2, 0) is 9.59 Å². The van der Waals surface area contributed by atoms with E-state index in [9.17, 15) is 9.59 Å². The Bertz CT molecular complexity index is 461. The molecule has 0 spiro atoms. The molecule has 1 heterocycles. The number of amides is 1. The van der Waals surface area contributed by atoms with Gasteiger partial charge in [-0.15, -0.1) is 0 Å². The van der Waals surface area contributed by atoms with E-state index < -0.39 is 11.9 Å². The van der Waals surface area contributed by atoms with E-state index in [4.69, 9.17) is 5.11 Å². The predicted molar refractivity (Wildman–Crippen MR) is 64.0 cm³/mol. The summed E-state index contributed by atoms with van der Waals surface area (Å²) in [7, 11) is 0. The highest BCUT2D eigenvalue weighted by Crippen LogP contribution is 2.26. The molecule has 90 valence electrons. The number of rotatable bonds is 2. The molecule has 1 fully saturated rings. The van der Waals surface area contributed by atoms with Crippen LogP contribution >= 0.6 is 0 Å². The fourth-order valence-electron chi connectivity index (χ4n) is 2.23. The van der Waals surface area contributed by atoms with Gasteiger partial charge in [0.1, 0.15) is 0 Å². The fourth-order valence-corrected chi connectivity index (χ4v) is 2.23. The normalized spacial score (nSPS) is 19.8. The van der Waals surface area contributed by atoms with Crippen LogP contribution in [0.2, 0.25) is 0 Å². The third-order valence-electron chi connectivity index (χ3n) is 2.99. The van der Waals surface area contributed by atoms with Crippen LogP contribution in [0.1, 0.15) is 17.5 Å². The van der Waals surface area contributed by atoms with E-state index in [0.717, 1.165) is 16.8 Å². The molecule has 1 atom stereocenters. The van der Waals surface area contributed by atoms with Crippen molar-refractivity contribution in [3.63, 3.8) is 0 Å². The highest BCUT2D eigenvalue weighted by atomic mass is 16.4. The van der Waals surface area contributed by atoms with Crippen LogP contribution in [0.15, 0.2) is 18.2 Å². The second kappa shape index (κ2) is 4.20. The van der Waals surface area contributed by atoms with Gasteiger partial charge < -0.3 is 10.0 Å². The average molecular weight is 233 g/mol. The van der Waals surface area contributed by atoms with Gasteiger partial charge in [-0.05, 0) is 37.1 Å². The Morgan fingerprint density at radius 1 is 1.29 bits per heavy atom. The second-order valence-electron chi connectivity index (χ2n) is 4.59. The number of carbonyl (C=O) groups excluding carboxylic acids is 1. The summed E-state index contributed by atoms with van der Waals surface area (Å²) in [5.74, 6) is -1.59.